The quantitative estimate of drug-likeness (QED) is 0.164. The molecule has 0 N–H and O–H groups in total. The number of benzene rings is 10. The maximum Gasteiger partial charge on any atom is 0.0995 e. The van der Waals surface area contributed by atoms with Crippen molar-refractivity contribution in [2.45, 2.75) is 0 Å². The minimum absolute atomic E-state index is 0.822. The van der Waals surface area contributed by atoms with Crippen LogP contribution in [0.1, 0.15) is 0 Å². The smallest absolute Gasteiger partial charge is 0.0995 e. The first-order valence-corrected chi connectivity index (χ1v) is 20.4. The van der Waals surface area contributed by atoms with Crippen molar-refractivity contribution in [3.8, 4) is 56.0 Å². The summed E-state index contributed by atoms with van der Waals surface area (Å²) < 4.78 is 0. The van der Waals surface area contributed by atoms with Gasteiger partial charge in [0.25, 0.3) is 0 Å². The third-order valence-corrected chi connectivity index (χ3v) is 12.0. The van der Waals surface area contributed by atoms with E-state index in [4.69, 9.17) is 15.0 Å². The highest BCUT2D eigenvalue weighted by Gasteiger charge is 2.22. The molecule has 12 rings (SSSR count). The Labute approximate surface area is 346 Å². The third kappa shape index (κ3) is 5.48. The lowest BCUT2D eigenvalue weighted by Crippen LogP contribution is -1.99. The summed E-state index contributed by atoms with van der Waals surface area (Å²) in [5.74, 6) is 0. The molecule has 0 fully saturated rings. The second-order valence-corrected chi connectivity index (χ2v) is 15.5. The van der Waals surface area contributed by atoms with Gasteiger partial charge in [0, 0.05) is 32.8 Å². The highest BCUT2D eigenvalue weighted by molar-refractivity contribution is 6.27. The normalized spacial score (nSPS) is 11.7. The zero-order valence-corrected chi connectivity index (χ0v) is 32.5. The number of fused-ring (bicyclic) bond motifs is 11. The lowest BCUT2D eigenvalue weighted by Gasteiger charge is -2.18. The fourth-order valence-electron chi connectivity index (χ4n) is 9.22. The summed E-state index contributed by atoms with van der Waals surface area (Å²) in [6.07, 6.45) is 0. The van der Waals surface area contributed by atoms with Crippen LogP contribution in [0.3, 0.4) is 0 Å². The van der Waals surface area contributed by atoms with Gasteiger partial charge in [-0.1, -0.05) is 194 Å². The maximum absolute atomic E-state index is 5.59. The molecule has 0 atom stereocenters. The Morgan fingerprint density at radius 3 is 1.27 bits per heavy atom. The van der Waals surface area contributed by atoms with Crippen LogP contribution < -0.4 is 0 Å². The average molecular weight is 762 g/mol. The molecule has 0 saturated carbocycles. The Bertz CT molecular complexity index is 3580. The summed E-state index contributed by atoms with van der Waals surface area (Å²) in [6.45, 7) is 0. The molecule has 0 aliphatic carbocycles. The van der Waals surface area contributed by atoms with Crippen LogP contribution >= 0.6 is 0 Å². The molecule has 60 heavy (non-hydrogen) atoms. The number of hydrogen-bond acceptors (Lipinski definition) is 3. The molecule has 0 unspecified atom stereocenters. The molecule has 278 valence electrons. The van der Waals surface area contributed by atoms with Gasteiger partial charge >= 0.3 is 0 Å². The van der Waals surface area contributed by atoms with E-state index in [0.29, 0.717) is 0 Å². The Kier molecular flexibility index (Phi) is 7.85. The van der Waals surface area contributed by atoms with Crippen molar-refractivity contribution in [1.29, 1.82) is 0 Å². The summed E-state index contributed by atoms with van der Waals surface area (Å²) >= 11 is 0. The lowest BCUT2D eigenvalue weighted by atomic mass is 9.90. The van der Waals surface area contributed by atoms with E-state index in [1.165, 1.54) is 37.9 Å². The summed E-state index contributed by atoms with van der Waals surface area (Å²) in [6, 6.07) is 75.5. The molecular formula is C57H35N3. The first-order chi connectivity index (χ1) is 29.8. The van der Waals surface area contributed by atoms with Gasteiger partial charge in [-0.25, -0.2) is 15.0 Å². The second kappa shape index (κ2) is 13.8. The highest BCUT2D eigenvalue weighted by atomic mass is 14.8. The Morgan fingerprint density at radius 1 is 0.233 bits per heavy atom. The molecule has 2 aromatic heterocycles. The van der Waals surface area contributed by atoms with Crippen LogP contribution in [0.15, 0.2) is 212 Å². The molecule has 0 aliphatic heterocycles. The summed E-state index contributed by atoms with van der Waals surface area (Å²) in [7, 11) is 0. The Hall–Kier alpha value is -8.01. The van der Waals surface area contributed by atoms with Gasteiger partial charge in [-0.2, -0.15) is 0 Å². The maximum atomic E-state index is 5.59. The average Bonchev–Trinajstić information content (AvgIpc) is 3.33. The first-order valence-electron chi connectivity index (χ1n) is 20.4. The van der Waals surface area contributed by atoms with Crippen molar-refractivity contribution >= 4 is 65.0 Å². The minimum atomic E-state index is 0.822. The van der Waals surface area contributed by atoms with Gasteiger partial charge in [-0.3, -0.25) is 0 Å². The van der Waals surface area contributed by atoms with Crippen molar-refractivity contribution < 1.29 is 0 Å². The molecule has 0 spiro atoms. The molecule has 12 aromatic rings. The third-order valence-electron chi connectivity index (χ3n) is 12.0. The molecule has 10 aromatic carbocycles. The molecule has 3 nitrogen and oxygen atoms in total. The monoisotopic (exact) mass is 761 g/mol. The topological polar surface area (TPSA) is 38.7 Å². The van der Waals surface area contributed by atoms with Crippen LogP contribution in [-0.2, 0) is 0 Å². The molecule has 0 aliphatic rings. The Balaban J connectivity index is 1.12. The number of aromatic nitrogens is 3. The zero-order chi connectivity index (χ0) is 39.6. The SMILES string of the molecule is c1ccc(-c2nc3cc(-c4ccc(-c5ccc6c7ccccc7c7ccccc7c6c5)cc4)c4c5ccccc5nc(-c5ccccc5)c4c3nc2-c2ccccc2)cc1. The van der Waals surface area contributed by atoms with Gasteiger partial charge in [0.2, 0.25) is 0 Å². The van der Waals surface area contributed by atoms with E-state index in [9.17, 15) is 0 Å². The number of rotatable bonds is 5. The highest BCUT2D eigenvalue weighted by Crippen LogP contribution is 2.44. The van der Waals surface area contributed by atoms with E-state index in [1.54, 1.807) is 0 Å². The molecule has 0 radical (unpaired) electrons. The van der Waals surface area contributed by atoms with E-state index < -0.39 is 0 Å². The van der Waals surface area contributed by atoms with Crippen LogP contribution in [0.25, 0.3) is 121 Å². The molecule has 3 heteroatoms. The van der Waals surface area contributed by atoms with Gasteiger partial charge in [0.1, 0.15) is 0 Å². The minimum Gasteiger partial charge on any atom is -0.247 e. The van der Waals surface area contributed by atoms with Gasteiger partial charge in [0.15, 0.2) is 0 Å². The first kappa shape index (κ1) is 34.1. The summed E-state index contributed by atoms with van der Waals surface area (Å²) in [4.78, 5) is 16.5. The fraction of sp³-hybridized carbons (Fsp3) is 0. The predicted molar refractivity (Wildman–Crippen MR) is 252 cm³/mol. The van der Waals surface area contributed by atoms with Crippen molar-refractivity contribution in [3.63, 3.8) is 0 Å². The van der Waals surface area contributed by atoms with Crippen LogP contribution in [0.4, 0.5) is 0 Å². The van der Waals surface area contributed by atoms with Gasteiger partial charge in [0.05, 0.1) is 33.6 Å². The number of hydrogen-bond donors (Lipinski definition) is 0. The van der Waals surface area contributed by atoms with Gasteiger partial charge in [-0.15, -0.1) is 0 Å². The summed E-state index contributed by atoms with van der Waals surface area (Å²) in [5, 5.41) is 10.8. The van der Waals surface area contributed by atoms with E-state index >= 15 is 0 Å². The molecule has 0 amide bonds. The van der Waals surface area contributed by atoms with Gasteiger partial charge in [-0.05, 0) is 72.8 Å². The van der Waals surface area contributed by atoms with Crippen molar-refractivity contribution in [2.75, 3.05) is 0 Å². The van der Waals surface area contributed by atoms with Crippen LogP contribution in [0, 0.1) is 0 Å². The molecule has 2 heterocycles. The number of para-hydroxylation sites is 1. The van der Waals surface area contributed by atoms with E-state index in [2.05, 4.69) is 200 Å². The standard InChI is InChI=1S/C57H35N3/c1-4-16-38(17-5-1)54-53-52(47-26-14-15-27-50(47)58-54)48(35-51-57(53)60-56(40-20-8-3-9-21-40)55(59-51)39-18-6-2-7-19-39)37-30-28-36(29-31-37)41-32-33-46-44-24-11-10-22-42(44)43-23-12-13-25-45(43)49(46)34-41/h1-35H. The molecular weight excluding hydrogens is 727 g/mol. The van der Waals surface area contributed by atoms with Crippen molar-refractivity contribution in [2.24, 2.45) is 0 Å². The van der Waals surface area contributed by atoms with E-state index in [0.717, 1.165) is 83.2 Å². The lowest BCUT2D eigenvalue weighted by molar-refractivity contribution is 1.30. The number of nitrogens with zero attached hydrogens (tertiary/aromatic N) is 3. The largest absolute Gasteiger partial charge is 0.247 e. The molecule has 0 saturated heterocycles. The fourth-order valence-corrected chi connectivity index (χ4v) is 9.22. The van der Waals surface area contributed by atoms with E-state index in [-0.39, 0.29) is 0 Å². The van der Waals surface area contributed by atoms with Crippen molar-refractivity contribution in [3.05, 3.63) is 212 Å². The molecule has 0 bridgehead atoms. The number of pyridine rings is 1. The van der Waals surface area contributed by atoms with Crippen molar-refractivity contribution in [1.82, 2.24) is 15.0 Å². The predicted octanol–water partition coefficient (Wildman–Crippen LogP) is 15.1. The zero-order valence-electron chi connectivity index (χ0n) is 32.5. The van der Waals surface area contributed by atoms with Crippen LogP contribution in [0.2, 0.25) is 0 Å². The Morgan fingerprint density at radius 2 is 0.667 bits per heavy atom. The van der Waals surface area contributed by atoms with Crippen LogP contribution in [0.5, 0.6) is 0 Å². The van der Waals surface area contributed by atoms with E-state index in [1.807, 2.05) is 12.1 Å². The van der Waals surface area contributed by atoms with Gasteiger partial charge < -0.3 is 0 Å². The van der Waals surface area contributed by atoms with Crippen LogP contribution in [-0.4, -0.2) is 15.0 Å². The second-order valence-electron chi connectivity index (χ2n) is 15.5. The summed E-state index contributed by atoms with van der Waals surface area (Å²) in [5.41, 5.74) is 12.8.